The van der Waals surface area contributed by atoms with E-state index in [1.807, 2.05) is 0 Å². The third kappa shape index (κ3) is 9.56. The van der Waals surface area contributed by atoms with Crippen LogP contribution in [-0.2, 0) is 14.3 Å². The molecular weight excluding hydrogens is 414 g/mol. The lowest BCUT2D eigenvalue weighted by molar-refractivity contribution is -0.139. The van der Waals surface area contributed by atoms with Crippen molar-refractivity contribution in [3.05, 3.63) is 0 Å². The van der Waals surface area contributed by atoms with E-state index in [0.717, 1.165) is 71.2 Å². The summed E-state index contributed by atoms with van der Waals surface area (Å²) in [5, 5.41) is 6.45. The Morgan fingerprint density at radius 3 is 2.30 bits per heavy atom. The number of unbranched alkanes of at least 4 members (excludes halogenated alkanes) is 1. The number of carbonyl (C=O) groups is 2. The average Bonchev–Trinajstić information content (AvgIpc) is 2.75. The van der Waals surface area contributed by atoms with Gasteiger partial charge in [-0.15, -0.1) is 0 Å². The number of likely N-dealkylation sites (tertiary alicyclic amines) is 1. The highest BCUT2D eigenvalue weighted by Gasteiger charge is 2.42. The molecule has 2 heterocycles. The van der Waals surface area contributed by atoms with E-state index in [0.29, 0.717) is 24.9 Å². The average molecular weight is 466 g/mol. The van der Waals surface area contributed by atoms with Gasteiger partial charge >= 0.3 is 0 Å². The molecule has 0 bridgehead atoms. The summed E-state index contributed by atoms with van der Waals surface area (Å²) in [4.78, 5) is 29.6. The van der Waals surface area contributed by atoms with Crippen LogP contribution >= 0.6 is 0 Å². The lowest BCUT2D eigenvalue weighted by Gasteiger charge is -2.42. The molecule has 0 aromatic carbocycles. The van der Waals surface area contributed by atoms with E-state index in [-0.39, 0.29) is 23.3 Å². The lowest BCUT2D eigenvalue weighted by Crippen LogP contribution is -2.56. The first-order valence-electron chi connectivity index (χ1n) is 13.7. The van der Waals surface area contributed by atoms with Crippen LogP contribution in [0.4, 0.5) is 0 Å². The fourth-order valence-corrected chi connectivity index (χ4v) is 5.30. The normalized spacial score (nSPS) is 26.3. The largest absolute Gasteiger partial charge is 0.379 e. The monoisotopic (exact) mass is 465 g/mol. The summed E-state index contributed by atoms with van der Waals surface area (Å²) < 4.78 is 5.96. The topological polar surface area (TPSA) is 70.7 Å². The number of hydrogen-bond acceptors (Lipinski definition) is 4. The van der Waals surface area contributed by atoms with Gasteiger partial charge in [0.2, 0.25) is 11.8 Å². The third-order valence-corrected chi connectivity index (χ3v) is 7.32. The Balaban J connectivity index is 2.17. The van der Waals surface area contributed by atoms with Gasteiger partial charge in [0.1, 0.15) is 6.04 Å². The zero-order chi connectivity index (χ0) is 24.3. The number of nitrogens with zero attached hydrogens (tertiary/aromatic N) is 1. The molecule has 2 atom stereocenters. The molecule has 0 radical (unpaired) electrons. The van der Waals surface area contributed by atoms with Crippen molar-refractivity contribution < 1.29 is 14.3 Å². The SMILES string of the molecule is CCCCN1CCC2(CCCCCOC[C@H](CC(C)C)NC(=O)[C@H](CC(C)C)NC2=O)CC1. The van der Waals surface area contributed by atoms with Crippen molar-refractivity contribution in [3.63, 3.8) is 0 Å². The second-order valence-electron chi connectivity index (χ2n) is 11.4. The third-order valence-electron chi connectivity index (χ3n) is 7.32. The number of hydrogen-bond donors (Lipinski definition) is 2. The van der Waals surface area contributed by atoms with E-state index in [1.54, 1.807) is 0 Å². The first-order valence-corrected chi connectivity index (χ1v) is 13.7. The Labute approximate surface area is 203 Å². The molecule has 6 nitrogen and oxygen atoms in total. The van der Waals surface area contributed by atoms with Crippen molar-refractivity contribution in [2.75, 3.05) is 32.8 Å². The van der Waals surface area contributed by atoms with Crippen LogP contribution in [0.25, 0.3) is 0 Å². The van der Waals surface area contributed by atoms with Crippen LogP contribution in [-0.4, -0.2) is 61.6 Å². The van der Waals surface area contributed by atoms with E-state index < -0.39 is 6.04 Å². The van der Waals surface area contributed by atoms with E-state index >= 15 is 0 Å². The van der Waals surface area contributed by atoms with Crippen LogP contribution in [0.15, 0.2) is 0 Å². The minimum atomic E-state index is -0.481. The summed E-state index contributed by atoms with van der Waals surface area (Å²) in [6.45, 7) is 15.1. The van der Waals surface area contributed by atoms with Crippen LogP contribution < -0.4 is 10.6 Å². The van der Waals surface area contributed by atoms with Gasteiger partial charge in [-0.1, -0.05) is 53.9 Å². The Kier molecular flexibility index (Phi) is 12.2. The highest BCUT2D eigenvalue weighted by Crippen LogP contribution is 2.37. The summed E-state index contributed by atoms with van der Waals surface area (Å²) in [5.74, 6) is 0.842. The zero-order valence-electron chi connectivity index (χ0n) is 22.1. The standard InChI is InChI=1S/C27H51N3O3/c1-6-7-14-30-15-12-27(13-16-30)11-9-8-10-17-33-20-23(18-21(2)3)28-25(31)24(19-22(4)5)29-26(27)32/h21-24H,6-20H2,1-5H3,(H,28,31)(H,29,32)/t23-,24-/m0/s1. The highest BCUT2D eigenvalue weighted by molar-refractivity contribution is 5.90. The van der Waals surface area contributed by atoms with Crippen LogP contribution in [0.5, 0.6) is 0 Å². The Bertz CT molecular complexity index is 580. The van der Waals surface area contributed by atoms with Crippen LogP contribution in [0.3, 0.4) is 0 Å². The van der Waals surface area contributed by atoms with E-state index in [2.05, 4.69) is 50.2 Å². The molecule has 2 amide bonds. The van der Waals surface area contributed by atoms with Gasteiger partial charge in [0.25, 0.3) is 0 Å². The Hall–Kier alpha value is -1.14. The molecule has 33 heavy (non-hydrogen) atoms. The first kappa shape index (κ1) is 28.1. The van der Waals surface area contributed by atoms with Gasteiger partial charge in [-0.05, 0) is 76.4 Å². The quantitative estimate of drug-likeness (QED) is 0.580. The Morgan fingerprint density at radius 1 is 0.970 bits per heavy atom. The molecule has 2 rings (SSSR count). The van der Waals surface area contributed by atoms with Crippen molar-refractivity contribution in [1.82, 2.24) is 15.5 Å². The van der Waals surface area contributed by atoms with E-state index in [9.17, 15) is 9.59 Å². The minimum Gasteiger partial charge on any atom is -0.379 e. The molecule has 2 aliphatic rings. The summed E-state index contributed by atoms with van der Waals surface area (Å²) in [5.41, 5.74) is -0.347. The second-order valence-corrected chi connectivity index (χ2v) is 11.4. The number of carbonyl (C=O) groups excluding carboxylic acids is 2. The molecule has 1 spiro atoms. The molecule has 0 saturated carbocycles. The van der Waals surface area contributed by atoms with E-state index in [1.165, 1.54) is 12.8 Å². The smallest absolute Gasteiger partial charge is 0.242 e. The number of nitrogens with one attached hydrogen (secondary N) is 2. The highest BCUT2D eigenvalue weighted by atomic mass is 16.5. The molecule has 6 heteroatoms. The van der Waals surface area contributed by atoms with Crippen molar-refractivity contribution in [2.45, 2.75) is 111 Å². The molecule has 0 aliphatic carbocycles. The van der Waals surface area contributed by atoms with Gasteiger partial charge in [-0.3, -0.25) is 9.59 Å². The summed E-state index contributed by atoms with van der Waals surface area (Å²) >= 11 is 0. The number of piperidine rings is 1. The van der Waals surface area contributed by atoms with Crippen LogP contribution in [0.2, 0.25) is 0 Å². The van der Waals surface area contributed by atoms with Gasteiger partial charge in [-0.2, -0.15) is 0 Å². The first-order chi connectivity index (χ1) is 15.8. The molecule has 2 fully saturated rings. The number of ether oxygens (including phenoxy) is 1. The maximum atomic E-state index is 13.7. The molecule has 0 aromatic heterocycles. The number of amides is 2. The predicted octanol–water partition coefficient (Wildman–Crippen LogP) is 4.52. The fourth-order valence-electron chi connectivity index (χ4n) is 5.30. The second kappa shape index (κ2) is 14.3. The van der Waals surface area contributed by atoms with Gasteiger partial charge < -0.3 is 20.3 Å². The maximum absolute atomic E-state index is 13.7. The van der Waals surface area contributed by atoms with Crippen molar-refractivity contribution in [1.29, 1.82) is 0 Å². The van der Waals surface area contributed by atoms with Gasteiger partial charge in [0.15, 0.2) is 0 Å². The van der Waals surface area contributed by atoms with Gasteiger partial charge in [0, 0.05) is 6.61 Å². The fraction of sp³-hybridized carbons (Fsp3) is 0.926. The predicted molar refractivity (Wildman–Crippen MR) is 135 cm³/mol. The summed E-state index contributed by atoms with van der Waals surface area (Å²) in [6.07, 6.45) is 9.80. The van der Waals surface area contributed by atoms with Gasteiger partial charge in [-0.25, -0.2) is 0 Å². The summed E-state index contributed by atoms with van der Waals surface area (Å²) in [6, 6.07) is -0.493. The molecule has 192 valence electrons. The Morgan fingerprint density at radius 2 is 1.67 bits per heavy atom. The molecule has 0 unspecified atom stereocenters. The molecule has 0 aromatic rings. The zero-order valence-corrected chi connectivity index (χ0v) is 22.1. The molecule has 2 saturated heterocycles. The minimum absolute atomic E-state index is 0.0113. The van der Waals surface area contributed by atoms with Crippen LogP contribution in [0, 0.1) is 17.3 Å². The molecule has 2 N–H and O–H groups in total. The summed E-state index contributed by atoms with van der Waals surface area (Å²) in [7, 11) is 0. The van der Waals surface area contributed by atoms with Gasteiger partial charge in [0.05, 0.1) is 18.1 Å². The van der Waals surface area contributed by atoms with Crippen LogP contribution in [0.1, 0.15) is 98.8 Å². The van der Waals surface area contributed by atoms with Crippen molar-refractivity contribution in [3.8, 4) is 0 Å². The molecule has 2 aliphatic heterocycles. The van der Waals surface area contributed by atoms with Crippen molar-refractivity contribution >= 4 is 11.8 Å². The lowest BCUT2D eigenvalue weighted by atomic mass is 9.73. The van der Waals surface area contributed by atoms with Crippen molar-refractivity contribution in [2.24, 2.45) is 17.3 Å². The number of rotatable bonds is 7. The maximum Gasteiger partial charge on any atom is 0.242 e. The molecular formula is C27H51N3O3. The van der Waals surface area contributed by atoms with E-state index in [4.69, 9.17) is 4.74 Å².